The molecule has 0 amide bonds. The molecule has 1 saturated heterocycles. The molecular formula is C16H26N2O2. The standard InChI is InChI=1S/C16H26N2O2/c1-13-5-6-15(11-16(13)20-4)18-8-7-17(9-10-19-3)14(2)12-18/h5-6,11,14H,7-10,12H2,1-4H3/t14-/m1/s1. The van der Waals surface area contributed by atoms with Crippen molar-refractivity contribution < 1.29 is 9.47 Å². The molecule has 112 valence electrons. The third-order valence-corrected chi connectivity index (χ3v) is 4.10. The Balaban J connectivity index is 2.01. The molecule has 0 N–H and O–H groups in total. The summed E-state index contributed by atoms with van der Waals surface area (Å²) in [7, 11) is 3.50. The lowest BCUT2D eigenvalue weighted by Crippen LogP contribution is -2.52. The first-order valence-electron chi connectivity index (χ1n) is 7.28. The Morgan fingerprint density at radius 2 is 2.05 bits per heavy atom. The minimum atomic E-state index is 0.547. The van der Waals surface area contributed by atoms with Gasteiger partial charge >= 0.3 is 0 Å². The van der Waals surface area contributed by atoms with Crippen molar-refractivity contribution in [1.29, 1.82) is 0 Å². The summed E-state index contributed by atoms with van der Waals surface area (Å²) in [5.74, 6) is 0.969. The predicted molar refractivity (Wildman–Crippen MR) is 82.9 cm³/mol. The van der Waals surface area contributed by atoms with E-state index >= 15 is 0 Å². The largest absolute Gasteiger partial charge is 0.496 e. The molecule has 1 heterocycles. The van der Waals surface area contributed by atoms with Crippen LogP contribution in [-0.2, 0) is 4.74 Å². The number of methoxy groups -OCH3 is 2. The number of rotatable bonds is 5. The molecule has 0 aromatic heterocycles. The van der Waals surface area contributed by atoms with Crippen LogP contribution in [0.15, 0.2) is 18.2 Å². The molecule has 1 fully saturated rings. The highest BCUT2D eigenvalue weighted by Crippen LogP contribution is 2.26. The Morgan fingerprint density at radius 3 is 2.70 bits per heavy atom. The predicted octanol–water partition coefficient (Wildman–Crippen LogP) is 2.16. The summed E-state index contributed by atoms with van der Waals surface area (Å²) in [5, 5.41) is 0. The van der Waals surface area contributed by atoms with Crippen molar-refractivity contribution in [2.75, 3.05) is 51.9 Å². The lowest BCUT2D eigenvalue weighted by molar-refractivity contribution is 0.117. The second-order valence-electron chi connectivity index (χ2n) is 5.48. The first-order valence-corrected chi connectivity index (χ1v) is 7.28. The van der Waals surface area contributed by atoms with Crippen LogP contribution in [0, 0.1) is 6.92 Å². The SMILES string of the molecule is COCCN1CCN(c2ccc(C)c(OC)c2)C[C@H]1C. The van der Waals surface area contributed by atoms with E-state index in [0.717, 1.165) is 38.5 Å². The van der Waals surface area contributed by atoms with Gasteiger partial charge in [-0.1, -0.05) is 6.07 Å². The van der Waals surface area contributed by atoms with Crippen molar-refractivity contribution in [1.82, 2.24) is 4.90 Å². The number of aryl methyl sites for hydroxylation is 1. The summed E-state index contributed by atoms with van der Waals surface area (Å²) in [6, 6.07) is 7.02. The van der Waals surface area contributed by atoms with Crippen LogP contribution in [0.2, 0.25) is 0 Å². The van der Waals surface area contributed by atoms with E-state index in [4.69, 9.17) is 9.47 Å². The van der Waals surface area contributed by atoms with Crippen LogP contribution in [0.5, 0.6) is 5.75 Å². The first kappa shape index (κ1) is 15.1. The number of benzene rings is 1. The van der Waals surface area contributed by atoms with Gasteiger partial charge < -0.3 is 14.4 Å². The zero-order valence-electron chi connectivity index (χ0n) is 13.1. The number of nitrogens with zero attached hydrogens (tertiary/aromatic N) is 2. The van der Waals surface area contributed by atoms with E-state index in [2.05, 4.69) is 41.8 Å². The number of ether oxygens (including phenoxy) is 2. The molecule has 2 rings (SSSR count). The monoisotopic (exact) mass is 278 g/mol. The molecule has 4 heteroatoms. The average Bonchev–Trinajstić information content (AvgIpc) is 2.46. The van der Waals surface area contributed by atoms with Crippen LogP contribution in [0.1, 0.15) is 12.5 Å². The van der Waals surface area contributed by atoms with Crippen LogP contribution in [0.4, 0.5) is 5.69 Å². The molecular weight excluding hydrogens is 252 g/mol. The third kappa shape index (κ3) is 3.44. The maximum absolute atomic E-state index is 5.42. The Morgan fingerprint density at radius 1 is 1.25 bits per heavy atom. The lowest BCUT2D eigenvalue weighted by Gasteiger charge is -2.41. The summed E-state index contributed by atoms with van der Waals surface area (Å²) in [4.78, 5) is 4.93. The van der Waals surface area contributed by atoms with Crippen molar-refractivity contribution in [3.63, 3.8) is 0 Å². The van der Waals surface area contributed by atoms with Gasteiger partial charge in [0.15, 0.2) is 0 Å². The van der Waals surface area contributed by atoms with Gasteiger partial charge in [-0.15, -0.1) is 0 Å². The van der Waals surface area contributed by atoms with E-state index < -0.39 is 0 Å². The fourth-order valence-corrected chi connectivity index (χ4v) is 2.78. The summed E-state index contributed by atoms with van der Waals surface area (Å²) >= 11 is 0. The lowest BCUT2D eigenvalue weighted by atomic mass is 10.1. The smallest absolute Gasteiger partial charge is 0.123 e. The topological polar surface area (TPSA) is 24.9 Å². The molecule has 20 heavy (non-hydrogen) atoms. The molecule has 0 saturated carbocycles. The number of piperazine rings is 1. The van der Waals surface area contributed by atoms with E-state index in [1.54, 1.807) is 14.2 Å². The van der Waals surface area contributed by atoms with Crippen LogP contribution in [-0.4, -0.2) is 57.9 Å². The fourth-order valence-electron chi connectivity index (χ4n) is 2.78. The molecule has 4 nitrogen and oxygen atoms in total. The van der Waals surface area contributed by atoms with Crippen molar-refractivity contribution in [2.24, 2.45) is 0 Å². The Hall–Kier alpha value is -1.26. The Labute approximate surface area is 122 Å². The van der Waals surface area contributed by atoms with E-state index in [0.29, 0.717) is 6.04 Å². The molecule has 1 aromatic rings. The Bertz CT molecular complexity index is 436. The number of anilines is 1. The van der Waals surface area contributed by atoms with Gasteiger partial charge in [-0.2, -0.15) is 0 Å². The zero-order valence-corrected chi connectivity index (χ0v) is 13.1. The molecule has 1 aliphatic rings. The minimum absolute atomic E-state index is 0.547. The molecule has 0 unspecified atom stereocenters. The summed E-state index contributed by atoms with van der Waals surface area (Å²) in [5.41, 5.74) is 2.44. The van der Waals surface area contributed by atoms with Gasteiger partial charge in [-0.3, -0.25) is 4.90 Å². The van der Waals surface area contributed by atoms with Gasteiger partial charge in [0.25, 0.3) is 0 Å². The quantitative estimate of drug-likeness (QED) is 0.824. The van der Waals surface area contributed by atoms with Crippen LogP contribution < -0.4 is 9.64 Å². The molecule has 1 atom stereocenters. The highest BCUT2D eigenvalue weighted by Gasteiger charge is 2.23. The normalized spacial score (nSPS) is 20.2. The molecule has 0 radical (unpaired) electrons. The van der Waals surface area contributed by atoms with Gasteiger partial charge in [-0.05, 0) is 25.5 Å². The van der Waals surface area contributed by atoms with Gasteiger partial charge in [0.2, 0.25) is 0 Å². The Kier molecular flexibility index (Phi) is 5.26. The molecule has 0 spiro atoms. The highest BCUT2D eigenvalue weighted by atomic mass is 16.5. The second-order valence-corrected chi connectivity index (χ2v) is 5.48. The minimum Gasteiger partial charge on any atom is -0.496 e. The summed E-state index contributed by atoms with van der Waals surface area (Å²) in [6.45, 7) is 9.38. The molecule has 1 aromatic carbocycles. The van der Waals surface area contributed by atoms with Gasteiger partial charge in [0.05, 0.1) is 13.7 Å². The zero-order chi connectivity index (χ0) is 14.5. The molecule has 1 aliphatic heterocycles. The van der Waals surface area contributed by atoms with Gasteiger partial charge in [0, 0.05) is 51.1 Å². The van der Waals surface area contributed by atoms with E-state index in [1.807, 2.05) is 0 Å². The van der Waals surface area contributed by atoms with Crippen molar-refractivity contribution in [2.45, 2.75) is 19.9 Å². The number of hydrogen-bond donors (Lipinski definition) is 0. The van der Waals surface area contributed by atoms with Crippen molar-refractivity contribution in [3.05, 3.63) is 23.8 Å². The maximum atomic E-state index is 5.42. The highest BCUT2D eigenvalue weighted by molar-refractivity contribution is 5.54. The van der Waals surface area contributed by atoms with Crippen molar-refractivity contribution >= 4 is 5.69 Å². The van der Waals surface area contributed by atoms with Crippen LogP contribution >= 0.6 is 0 Å². The second kappa shape index (κ2) is 6.95. The maximum Gasteiger partial charge on any atom is 0.123 e. The van der Waals surface area contributed by atoms with Crippen LogP contribution in [0.25, 0.3) is 0 Å². The van der Waals surface area contributed by atoms with Crippen LogP contribution in [0.3, 0.4) is 0 Å². The molecule has 0 aliphatic carbocycles. The summed E-state index contributed by atoms with van der Waals surface area (Å²) < 4.78 is 10.6. The van der Waals surface area contributed by atoms with E-state index in [-0.39, 0.29) is 0 Å². The number of hydrogen-bond acceptors (Lipinski definition) is 4. The van der Waals surface area contributed by atoms with Gasteiger partial charge in [-0.25, -0.2) is 0 Å². The average molecular weight is 278 g/mol. The first-order chi connectivity index (χ1) is 9.65. The van der Waals surface area contributed by atoms with E-state index in [9.17, 15) is 0 Å². The van der Waals surface area contributed by atoms with Gasteiger partial charge in [0.1, 0.15) is 5.75 Å². The van der Waals surface area contributed by atoms with E-state index in [1.165, 1.54) is 11.3 Å². The summed E-state index contributed by atoms with van der Waals surface area (Å²) in [6.07, 6.45) is 0. The molecule has 0 bridgehead atoms. The van der Waals surface area contributed by atoms with Crippen molar-refractivity contribution in [3.8, 4) is 5.75 Å². The fraction of sp³-hybridized carbons (Fsp3) is 0.625. The third-order valence-electron chi connectivity index (χ3n) is 4.10.